The summed E-state index contributed by atoms with van der Waals surface area (Å²) in [6.45, 7) is 0. The maximum absolute atomic E-state index is 12.2. The van der Waals surface area contributed by atoms with E-state index in [0.29, 0.717) is 0 Å². The van der Waals surface area contributed by atoms with Crippen molar-refractivity contribution < 1.29 is 27.4 Å². The number of esters is 1. The summed E-state index contributed by atoms with van der Waals surface area (Å²) in [7, 11) is 1.14. The first-order chi connectivity index (χ1) is 8.28. The van der Waals surface area contributed by atoms with Crippen molar-refractivity contribution in [1.82, 2.24) is 4.98 Å². The molecule has 18 heavy (non-hydrogen) atoms. The Labute approximate surface area is 119 Å². The molecule has 0 aliphatic carbocycles. The van der Waals surface area contributed by atoms with Gasteiger partial charge in [0.2, 0.25) is 0 Å². The van der Waals surface area contributed by atoms with Gasteiger partial charge >= 0.3 is 12.3 Å². The van der Waals surface area contributed by atoms with Crippen LogP contribution in [0.1, 0.15) is 16.2 Å². The molecule has 0 aliphatic rings. The number of ether oxygens (including phenoxy) is 2. The molecule has 1 rings (SSSR count). The molecule has 0 bridgehead atoms. The van der Waals surface area contributed by atoms with Gasteiger partial charge in [-0.05, 0) is 28.7 Å². The van der Waals surface area contributed by atoms with Gasteiger partial charge in [0, 0.05) is 0 Å². The second kappa shape index (κ2) is 5.91. The third kappa shape index (κ3) is 3.87. The summed E-state index contributed by atoms with van der Waals surface area (Å²) in [4.78, 5) is 14.9. The van der Waals surface area contributed by atoms with Crippen LogP contribution in [0.15, 0.2) is 6.07 Å². The highest BCUT2D eigenvalue weighted by atomic mass is 127. The molecule has 0 fully saturated rings. The Morgan fingerprint density at radius 1 is 1.56 bits per heavy atom. The third-order valence-electron chi connectivity index (χ3n) is 1.74. The average Bonchev–Trinajstić information content (AvgIpc) is 2.28. The van der Waals surface area contributed by atoms with Gasteiger partial charge in [-0.1, -0.05) is 0 Å². The molecular formula is C9H6ClF3INO3. The number of carbonyl (C=O) groups is 1. The summed E-state index contributed by atoms with van der Waals surface area (Å²) in [5, 5.41) is 0. The number of hydrogen-bond acceptors (Lipinski definition) is 4. The number of pyridine rings is 1. The van der Waals surface area contributed by atoms with E-state index in [2.05, 4.69) is 14.5 Å². The van der Waals surface area contributed by atoms with E-state index in [0.717, 1.165) is 13.2 Å². The normalized spacial score (nSPS) is 11.2. The first kappa shape index (κ1) is 15.3. The molecule has 0 unspecified atom stereocenters. The summed E-state index contributed by atoms with van der Waals surface area (Å²) in [6, 6.07) is 1.13. The van der Waals surface area contributed by atoms with Gasteiger partial charge in [0.15, 0.2) is 5.75 Å². The molecule has 0 atom stereocenters. The molecule has 0 N–H and O–H groups in total. The van der Waals surface area contributed by atoms with Crippen LogP contribution in [0, 0.1) is 3.57 Å². The van der Waals surface area contributed by atoms with Crippen molar-refractivity contribution in [1.29, 1.82) is 0 Å². The van der Waals surface area contributed by atoms with Gasteiger partial charge in [-0.2, -0.15) is 0 Å². The zero-order chi connectivity index (χ0) is 13.9. The summed E-state index contributed by atoms with van der Waals surface area (Å²) in [5.41, 5.74) is -0.312. The highest BCUT2D eigenvalue weighted by molar-refractivity contribution is 14.1. The molecule has 1 aromatic heterocycles. The summed E-state index contributed by atoms with van der Waals surface area (Å²) < 4.78 is 44.8. The molecule has 0 amide bonds. The number of alkyl halides is 4. The van der Waals surface area contributed by atoms with Crippen molar-refractivity contribution in [2.45, 2.75) is 12.2 Å². The van der Waals surface area contributed by atoms with Crippen LogP contribution in [0.3, 0.4) is 0 Å². The van der Waals surface area contributed by atoms with Crippen LogP contribution in [-0.4, -0.2) is 24.4 Å². The van der Waals surface area contributed by atoms with Crippen molar-refractivity contribution in [3.05, 3.63) is 21.0 Å². The first-order valence-corrected chi connectivity index (χ1v) is 5.99. The van der Waals surface area contributed by atoms with Crippen molar-refractivity contribution >= 4 is 40.2 Å². The average molecular weight is 396 g/mol. The minimum absolute atomic E-state index is 0.0657. The van der Waals surface area contributed by atoms with Gasteiger partial charge in [0.25, 0.3) is 0 Å². The fourth-order valence-electron chi connectivity index (χ4n) is 1.07. The van der Waals surface area contributed by atoms with Gasteiger partial charge < -0.3 is 9.47 Å². The number of nitrogens with zero attached hydrogens (tertiary/aromatic N) is 1. The largest absolute Gasteiger partial charge is 0.573 e. The van der Waals surface area contributed by atoms with Gasteiger partial charge in [-0.25, -0.2) is 9.78 Å². The van der Waals surface area contributed by atoms with Crippen molar-refractivity contribution in [2.75, 3.05) is 7.11 Å². The molecule has 9 heteroatoms. The zero-order valence-electron chi connectivity index (χ0n) is 8.85. The number of halogens is 5. The van der Waals surface area contributed by atoms with E-state index in [4.69, 9.17) is 11.6 Å². The quantitative estimate of drug-likeness (QED) is 0.448. The monoisotopic (exact) mass is 395 g/mol. The molecule has 4 nitrogen and oxygen atoms in total. The topological polar surface area (TPSA) is 48.4 Å². The van der Waals surface area contributed by atoms with Crippen LogP contribution in [0.4, 0.5) is 13.2 Å². The minimum atomic E-state index is -4.85. The van der Waals surface area contributed by atoms with E-state index in [1.807, 2.05) is 0 Å². The molecule has 0 aromatic carbocycles. The van der Waals surface area contributed by atoms with Gasteiger partial charge in [-0.3, -0.25) is 0 Å². The molecule has 0 spiro atoms. The Balaban J connectivity index is 3.24. The Kier molecular flexibility index (Phi) is 5.02. The van der Waals surface area contributed by atoms with E-state index in [1.54, 1.807) is 22.6 Å². The van der Waals surface area contributed by atoms with Crippen LogP contribution in [0.2, 0.25) is 0 Å². The van der Waals surface area contributed by atoms with Crippen molar-refractivity contribution in [2.24, 2.45) is 0 Å². The molecule has 0 saturated carbocycles. The second-order valence-corrected chi connectivity index (χ2v) is 4.37. The van der Waals surface area contributed by atoms with E-state index >= 15 is 0 Å². The second-order valence-electron chi connectivity index (χ2n) is 2.94. The molecule has 1 heterocycles. The van der Waals surface area contributed by atoms with Crippen molar-refractivity contribution in [3.63, 3.8) is 0 Å². The zero-order valence-corrected chi connectivity index (χ0v) is 11.8. The number of rotatable bonds is 3. The van der Waals surface area contributed by atoms with Gasteiger partial charge in [-0.15, -0.1) is 24.8 Å². The first-order valence-electron chi connectivity index (χ1n) is 4.38. The van der Waals surface area contributed by atoms with Crippen LogP contribution in [-0.2, 0) is 10.6 Å². The van der Waals surface area contributed by atoms with E-state index in [9.17, 15) is 18.0 Å². The fourth-order valence-corrected chi connectivity index (χ4v) is 1.97. The van der Waals surface area contributed by atoms with E-state index < -0.39 is 18.1 Å². The van der Waals surface area contributed by atoms with Crippen LogP contribution in [0.25, 0.3) is 0 Å². The lowest BCUT2D eigenvalue weighted by atomic mass is 10.3. The summed E-state index contributed by atoms with van der Waals surface area (Å²) in [6.07, 6.45) is -4.85. The molecule has 0 radical (unpaired) electrons. The maximum atomic E-state index is 12.2. The number of aromatic nitrogens is 1. The van der Waals surface area contributed by atoms with Crippen molar-refractivity contribution in [3.8, 4) is 5.75 Å². The Bertz CT molecular complexity index is 467. The Morgan fingerprint density at radius 3 is 2.61 bits per heavy atom. The van der Waals surface area contributed by atoms with Crippen LogP contribution in [0.5, 0.6) is 5.75 Å². The summed E-state index contributed by atoms with van der Waals surface area (Å²) in [5.74, 6) is -1.60. The lowest BCUT2D eigenvalue weighted by Crippen LogP contribution is -2.20. The predicted molar refractivity (Wildman–Crippen MR) is 64.5 cm³/mol. The van der Waals surface area contributed by atoms with Gasteiger partial charge in [0.05, 0.1) is 22.3 Å². The molecule has 0 saturated heterocycles. The summed E-state index contributed by atoms with van der Waals surface area (Å²) >= 11 is 7.08. The highest BCUT2D eigenvalue weighted by Crippen LogP contribution is 2.31. The van der Waals surface area contributed by atoms with E-state index in [-0.39, 0.29) is 20.8 Å². The smallest absolute Gasteiger partial charge is 0.464 e. The lowest BCUT2D eigenvalue weighted by Gasteiger charge is -2.14. The lowest BCUT2D eigenvalue weighted by molar-refractivity contribution is -0.275. The number of hydrogen-bond donors (Lipinski definition) is 0. The standard InChI is InChI=1S/C9H6ClF3INO3/c1-17-8(16)5-2-4(14)7(6(3-10)15-5)18-9(11,12)13/h2H,3H2,1H3. The molecular weight excluding hydrogens is 389 g/mol. The van der Waals surface area contributed by atoms with Crippen LogP contribution < -0.4 is 4.74 Å². The van der Waals surface area contributed by atoms with E-state index in [1.165, 1.54) is 0 Å². The fraction of sp³-hybridized carbons (Fsp3) is 0.333. The highest BCUT2D eigenvalue weighted by Gasteiger charge is 2.34. The maximum Gasteiger partial charge on any atom is 0.573 e. The molecule has 0 aliphatic heterocycles. The Hall–Kier alpha value is -0.770. The Morgan fingerprint density at radius 2 is 2.17 bits per heavy atom. The predicted octanol–water partition coefficient (Wildman–Crippen LogP) is 3.11. The van der Waals surface area contributed by atoms with Crippen LogP contribution >= 0.6 is 34.2 Å². The third-order valence-corrected chi connectivity index (χ3v) is 2.79. The minimum Gasteiger partial charge on any atom is -0.464 e. The number of methoxy groups -OCH3 is 1. The SMILES string of the molecule is COC(=O)c1cc(I)c(OC(F)(F)F)c(CCl)n1. The molecule has 100 valence electrons. The van der Waals surface area contributed by atoms with Gasteiger partial charge in [0.1, 0.15) is 5.69 Å². The molecule has 1 aromatic rings. The number of carbonyl (C=O) groups excluding carboxylic acids is 1.